The number of amides is 1. The molecular formula is C26H33N3O3. The molecule has 6 nitrogen and oxygen atoms in total. The van der Waals surface area contributed by atoms with Crippen molar-refractivity contribution in [3.8, 4) is 5.75 Å². The summed E-state index contributed by atoms with van der Waals surface area (Å²) in [7, 11) is 2.03. The van der Waals surface area contributed by atoms with Gasteiger partial charge < -0.3 is 25.0 Å². The highest BCUT2D eigenvalue weighted by Gasteiger charge is 2.22. The fraction of sp³-hybridized carbons (Fsp3) is 0.423. The van der Waals surface area contributed by atoms with Crippen molar-refractivity contribution in [3.63, 3.8) is 0 Å². The number of ether oxygens (including phenoxy) is 1. The van der Waals surface area contributed by atoms with Gasteiger partial charge in [0.05, 0.1) is 17.7 Å². The number of carbonyl (C=O) groups excluding carboxylic acids is 1. The van der Waals surface area contributed by atoms with Crippen molar-refractivity contribution < 1.29 is 14.6 Å². The van der Waals surface area contributed by atoms with Crippen molar-refractivity contribution in [2.75, 3.05) is 18.5 Å². The fourth-order valence-corrected chi connectivity index (χ4v) is 3.90. The standard InChI is InChI=1S/C26H33N3O3/c1-17-23(28-25(30)19-7-10-22(11-8-19)32-15-18-5-6-18)12-9-20-13-21(29(4)24(17)20)14-27-16-26(2,3)31/h7-13,18,27,31H,5-6,14-16H2,1-4H3,(H,28,30). The summed E-state index contributed by atoms with van der Waals surface area (Å²) in [5, 5.41) is 17.4. The summed E-state index contributed by atoms with van der Waals surface area (Å²) >= 11 is 0. The number of fused-ring (bicyclic) bond motifs is 1. The molecule has 0 saturated heterocycles. The Labute approximate surface area is 189 Å². The van der Waals surface area contributed by atoms with Gasteiger partial charge in [0.25, 0.3) is 5.91 Å². The first-order chi connectivity index (χ1) is 15.2. The highest BCUT2D eigenvalue weighted by molar-refractivity contribution is 6.06. The van der Waals surface area contributed by atoms with Gasteiger partial charge in [-0.3, -0.25) is 4.79 Å². The summed E-state index contributed by atoms with van der Waals surface area (Å²) in [4.78, 5) is 12.8. The smallest absolute Gasteiger partial charge is 0.255 e. The Balaban J connectivity index is 1.46. The van der Waals surface area contributed by atoms with Crippen LogP contribution in [-0.2, 0) is 13.6 Å². The van der Waals surface area contributed by atoms with E-state index in [4.69, 9.17) is 4.74 Å². The van der Waals surface area contributed by atoms with Crippen molar-refractivity contribution >= 4 is 22.5 Å². The lowest BCUT2D eigenvalue weighted by Gasteiger charge is -2.18. The van der Waals surface area contributed by atoms with Gasteiger partial charge in [-0.05, 0) is 81.5 Å². The van der Waals surface area contributed by atoms with Crippen molar-refractivity contribution in [1.29, 1.82) is 0 Å². The van der Waals surface area contributed by atoms with Gasteiger partial charge >= 0.3 is 0 Å². The number of aromatic nitrogens is 1. The molecule has 3 N–H and O–H groups in total. The van der Waals surface area contributed by atoms with Gasteiger partial charge in [-0.2, -0.15) is 0 Å². The van der Waals surface area contributed by atoms with Crippen LogP contribution in [0.1, 0.15) is 48.3 Å². The van der Waals surface area contributed by atoms with E-state index in [0.717, 1.165) is 40.2 Å². The number of hydrogen-bond donors (Lipinski definition) is 3. The van der Waals surface area contributed by atoms with Crippen molar-refractivity contribution in [1.82, 2.24) is 9.88 Å². The molecule has 32 heavy (non-hydrogen) atoms. The summed E-state index contributed by atoms with van der Waals surface area (Å²) in [5.74, 6) is 1.37. The Morgan fingerprint density at radius 1 is 1.19 bits per heavy atom. The second kappa shape index (κ2) is 8.96. The minimum Gasteiger partial charge on any atom is -0.493 e. The molecule has 6 heteroatoms. The second-order valence-corrected chi connectivity index (χ2v) is 9.52. The third-order valence-corrected chi connectivity index (χ3v) is 5.96. The molecule has 0 bridgehead atoms. The average molecular weight is 436 g/mol. The molecule has 0 spiro atoms. The van der Waals surface area contributed by atoms with Crippen LogP contribution in [0.5, 0.6) is 5.75 Å². The summed E-state index contributed by atoms with van der Waals surface area (Å²) in [6.45, 7) is 7.53. The highest BCUT2D eigenvalue weighted by Crippen LogP contribution is 2.30. The van der Waals surface area contributed by atoms with Gasteiger partial charge in [0.1, 0.15) is 5.75 Å². The molecule has 0 atom stereocenters. The molecule has 1 fully saturated rings. The number of aliphatic hydroxyl groups is 1. The molecule has 1 amide bonds. The first kappa shape index (κ1) is 22.4. The summed E-state index contributed by atoms with van der Waals surface area (Å²) < 4.78 is 7.90. The first-order valence-electron chi connectivity index (χ1n) is 11.3. The van der Waals surface area contributed by atoms with E-state index in [1.165, 1.54) is 12.8 Å². The van der Waals surface area contributed by atoms with Gasteiger partial charge in [-0.1, -0.05) is 6.07 Å². The average Bonchev–Trinajstić information content (AvgIpc) is 3.52. The Morgan fingerprint density at radius 2 is 1.91 bits per heavy atom. The predicted octanol–water partition coefficient (Wildman–Crippen LogP) is 4.39. The lowest BCUT2D eigenvalue weighted by Crippen LogP contribution is -2.34. The maximum atomic E-state index is 12.8. The molecule has 2 aromatic carbocycles. The maximum Gasteiger partial charge on any atom is 0.255 e. The van der Waals surface area contributed by atoms with Gasteiger partial charge in [-0.15, -0.1) is 0 Å². The van der Waals surface area contributed by atoms with Crippen molar-refractivity contribution in [3.05, 3.63) is 59.3 Å². The molecular weight excluding hydrogens is 402 g/mol. The normalized spacial score (nSPS) is 14.0. The number of aryl methyl sites for hydroxylation is 2. The summed E-state index contributed by atoms with van der Waals surface area (Å²) in [5.41, 5.74) is 3.89. The molecule has 0 radical (unpaired) electrons. The minimum absolute atomic E-state index is 0.137. The van der Waals surface area contributed by atoms with Crippen LogP contribution in [-0.4, -0.2) is 34.3 Å². The summed E-state index contributed by atoms with van der Waals surface area (Å²) in [6.07, 6.45) is 2.51. The topological polar surface area (TPSA) is 75.5 Å². The number of anilines is 1. The molecule has 170 valence electrons. The van der Waals surface area contributed by atoms with Crippen molar-refractivity contribution in [2.24, 2.45) is 13.0 Å². The molecule has 0 unspecified atom stereocenters. The molecule has 1 heterocycles. The zero-order chi connectivity index (χ0) is 22.9. The van der Waals surface area contributed by atoms with E-state index in [9.17, 15) is 9.90 Å². The van der Waals surface area contributed by atoms with Crippen LogP contribution in [0, 0.1) is 12.8 Å². The van der Waals surface area contributed by atoms with Gasteiger partial charge in [0.2, 0.25) is 0 Å². The Morgan fingerprint density at radius 3 is 2.56 bits per heavy atom. The second-order valence-electron chi connectivity index (χ2n) is 9.52. The SMILES string of the molecule is Cc1c(NC(=O)c2ccc(OCC3CC3)cc2)ccc2cc(CNCC(C)(C)O)n(C)c12. The molecule has 1 aliphatic rings. The third kappa shape index (κ3) is 5.31. The number of hydrogen-bond acceptors (Lipinski definition) is 4. The largest absolute Gasteiger partial charge is 0.493 e. The third-order valence-electron chi connectivity index (χ3n) is 5.96. The molecule has 1 saturated carbocycles. The maximum absolute atomic E-state index is 12.8. The van der Waals surface area contributed by atoms with E-state index in [-0.39, 0.29) is 5.91 Å². The lowest BCUT2D eigenvalue weighted by molar-refractivity contribution is 0.0793. The van der Waals surface area contributed by atoms with Gasteiger partial charge in [0.15, 0.2) is 0 Å². The number of rotatable bonds is 9. The molecule has 4 rings (SSSR count). The van der Waals surface area contributed by atoms with Crippen LogP contribution < -0.4 is 15.4 Å². The number of benzene rings is 2. The van der Waals surface area contributed by atoms with E-state index in [2.05, 4.69) is 21.3 Å². The van der Waals surface area contributed by atoms with E-state index >= 15 is 0 Å². The van der Waals surface area contributed by atoms with Gasteiger partial charge in [0, 0.05) is 42.5 Å². The number of carbonyl (C=O) groups is 1. The summed E-state index contributed by atoms with van der Waals surface area (Å²) in [6, 6.07) is 13.5. The lowest BCUT2D eigenvalue weighted by atomic mass is 10.1. The van der Waals surface area contributed by atoms with Crippen LogP contribution in [0.4, 0.5) is 5.69 Å². The van der Waals surface area contributed by atoms with E-state index in [0.29, 0.717) is 24.6 Å². The van der Waals surface area contributed by atoms with E-state index in [1.807, 2.05) is 38.2 Å². The zero-order valence-electron chi connectivity index (χ0n) is 19.4. The van der Waals surface area contributed by atoms with Crippen LogP contribution in [0.2, 0.25) is 0 Å². The van der Waals surface area contributed by atoms with Crippen LogP contribution in [0.15, 0.2) is 42.5 Å². The number of nitrogens with one attached hydrogen (secondary N) is 2. The Kier molecular flexibility index (Phi) is 6.26. The zero-order valence-corrected chi connectivity index (χ0v) is 19.4. The number of nitrogens with zero attached hydrogens (tertiary/aromatic N) is 1. The Bertz CT molecular complexity index is 1110. The molecule has 3 aromatic rings. The van der Waals surface area contributed by atoms with Crippen LogP contribution >= 0.6 is 0 Å². The minimum atomic E-state index is -0.750. The predicted molar refractivity (Wildman–Crippen MR) is 128 cm³/mol. The molecule has 0 aliphatic heterocycles. The highest BCUT2D eigenvalue weighted by atomic mass is 16.5. The molecule has 1 aliphatic carbocycles. The van der Waals surface area contributed by atoms with E-state index in [1.54, 1.807) is 26.0 Å². The van der Waals surface area contributed by atoms with E-state index < -0.39 is 5.60 Å². The Hall–Kier alpha value is -2.83. The quantitative estimate of drug-likeness (QED) is 0.466. The van der Waals surface area contributed by atoms with Crippen LogP contribution in [0.25, 0.3) is 10.9 Å². The van der Waals surface area contributed by atoms with Crippen molar-refractivity contribution in [2.45, 2.75) is 45.8 Å². The van der Waals surface area contributed by atoms with Gasteiger partial charge in [-0.25, -0.2) is 0 Å². The first-order valence-corrected chi connectivity index (χ1v) is 11.3. The molecule has 1 aromatic heterocycles. The monoisotopic (exact) mass is 435 g/mol. The fourth-order valence-electron chi connectivity index (χ4n) is 3.90. The van der Waals surface area contributed by atoms with Crippen LogP contribution in [0.3, 0.4) is 0 Å².